The first kappa shape index (κ1) is 19.7. The molecule has 27 heavy (non-hydrogen) atoms. The lowest BCUT2D eigenvalue weighted by atomic mass is 9.78. The van der Waals surface area contributed by atoms with Gasteiger partial charge in [-0.05, 0) is 30.4 Å². The lowest BCUT2D eigenvalue weighted by molar-refractivity contribution is -0.143. The van der Waals surface area contributed by atoms with Gasteiger partial charge in [0, 0.05) is 24.2 Å². The first-order valence-corrected chi connectivity index (χ1v) is 9.58. The highest BCUT2D eigenvalue weighted by Crippen LogP contribution is 2.37. The molecule has 0 atom stereocenters. The van der Waals surface area contributed by atoms with Gasteiger partial charge in [-0.2, -0.15) is 13.2 Å². The number of nitrogens with zero attached hydrogens (tertiary/aromatic N) is 3. The van der Waals surface area contributed by atoms with Crippen molar-refractivity contribution in [1.82, 2.24) is 15.0 Å². The van der Waals surface area contributed by atoms with Gasteiger partial charge < -0.3 is 9.88 Å². The molecular weight excluding hydrogens is 377 g/mol. The summed E-state index contributed by atoms with van der Waals surface area (Å²) < 4.78 is 39.2. The van der Waals surface area contributed by atoms with E-state index >= 15 is 0 Å². The molecule has 0 unspecified atom stereocenters. The van der Waals surface area contributed by atoms with Crippen LogP contribution in [0, 0.1) is 5.41 Å². The van der Waals surface area contributed by atoms with Crippen molar-refractivity contribution >= 4 is 17.6 Å². The molecule has 1 saturated heterocycles. The van der Waals surface area contributed by atoms with Gasteiger partial charge in [-0.1, -0.05) is 32.0 Å². The van der Waals surface area contributed by atoms with Crippen molar-refractivity contribution in [3.63, 3.8) is 0 Å². The molecule has 0 radical (unpaired) electrons. The van der Waals surface area contributed by atoms with Gasteiger partial charge in [0.25, 0.3) is 5.56 Å². The average Bonchev–Trinajstić information content (AvgIpc) is 2.63. The van der Waals surface area contributed by atoms with E-state index in [9.17, 15) is 18.0 Å². The van der Waals surface area contributed by atoms with E-state index in [0.29, 0.717) is 5.82 Å². The summed E-state index contributed by atoms with van der Waals surface area (Å²) in [6.07, 6.45) is 0.987. The van der Waals surface area contributed by atoms with Crippen molar-refractivity contribution in [2.75, 3.05) is 18.0 Å². The van der Waals surface area contributed by atoms with E-state index in [1.54, 1.807) is 0 Å². The Morgan fingerprint density at radius 3 is 2.59 bits per heavy atom. The van der Waals surface area contributed by atoms with Crippen LogP contribution in [0.3, 0.4) is 0 Å². The summed E-state index contributed by atoms with van der Waals surface area (Å²) in [5.41, 5.74) is -1.08. The molecule has 3 heterocycles. The van der Waals surface area contributed by atoms with Crippen molar-refractivity contribution in [1.29, 1.82) is 0 Å². The zero-order valence-corrected chi connectivity index (χ0v) is 16.0. The highest BCUT2D eigenvalue weighted by atomic mass is 32.2. The van der Waals surface area contributed by atoms with Crippen LogP contribution in [0.5, 0.6) is 0 Å². The fourth-order valence-corrected chi connectivity index (χ4v) is 3.97. The number of hydrogen-bond acceptors (Lipinski definition) is 5. The van der Waals surface area contributed by atoms with Gasteiger partial charge in [0.2, 0.25) is 0 Å². The molecule has 1 fully saturated rings. The summed E-state index contributed by atoms with van der Waals surface area (Å²) in [5, 5.41) is 0.248. The van der Waals surface area contributed by atoms with Gasteiger partial charge >= 0.3 is 6.18 Å². The van der Waals surface area contributed by atoms with Crippen LogP contribution in [0.4, 0.5) is 19.0 Å². The van der Waals surface area contributed by atoms with Crippen molar-refractivity contribution in [2.24, 2.45) is 5.41 Å². The molecule has 0 saturated carbocycles. The Bertz CT molecular complexity index is 860. The summed E-state index contributed by atoms with van der Waals surface area (Å²) in [6.45, 7) is 5.90. The Balaban J connectivity index is 1.78. The zero-order valence-electron chi connectivity index (χ0n) is 15.1. The Hall–Kier alpha value is -2.03. The summed E-state index contributed by atoms with van der Waals surface area (Å²) >= 11 is 0.795. The van der Waals surface area contributed by atoms with Gasteiger partial charge in [-0.25, -0.2) is 4.98 Å². The molecule has 0 bridgehead atoms. The third-order valence-corrected chi connectivity index (χ3v) is 6.10. The standard InChI is InChI=1S/C18H21F3N4OS/c1-3-17(2)6-9-25(10-7-17)15-16(26)24-13(11-23-15)27-12-5-4-8-22-14(12)18(19,20)21/h4-5,8,11H,3,6-7,9-10H2,1-2H3,(H,24,26). The average molecular weight is 398 g/mol. The highest BCUT2D eigenvalue weighted by Gasteiger charge is 2.35. The highest BCUT2D eigenvalue weighted by molar-refractivity contribution is 7.99. The fraction of sp³-hybridized carbons (Fsp3) is 0.500. The molecule has 9 heteroatoms. The van der Waals surface area contributed by atoms with Crippen molar-refractivity contribution in [3.8, 4) is 0 Å². The van der Waals surface area contributed by atoms with E-state index in [-0.39, 0.29) is 15.3 Å². The first-order chi connectivity index (χ1) is 12.7. The number of alkyl halides is 3. The normalized spacial score (nSPS) is 17.1. The summed E-state index contributed by atoms with van der Waals surface area (Å²) in [7, 11) is 0. The van der Waals surface area contributed by atoms with Gasteiger partial charge in [0.15, 0.2) is 11.5 Å². The second kappa shape index (κ2) is 7.53. The molecule has 2 aromatic heterocycles. The summed E-state index contributed by atoms with van der Waals surface area (Å²) in [6, 6.07) is 2.75. The molecule has 2 aromatic rings. The molecule has 146 valence electrons. The maximum absolute atomic E-state index is 13.1. The summed E-state index contributed by atoms with van der Waals surface area (Å²) in [4.78, 5) is 24.6. The molecule has 0 aliphatic carbocycles. The van der Waals surface area contributed by atoms with E-state index in [4.69, 9.17) is 0 Å². The number of piperidine rings is 1. The van der Waals surface area contributed by atoms with Crippen molar-refractivity contribution in [2.45, 2.75) is 49.2 Å². The van der Waals surface area contributed by atoms with E-state index in [1.807, 2.05) is 4.90 Å². The van der Waals surface area contributed by atoms with Crippen LogP contribution in [-0.4, -0.2) is 28.0 Å². The number of aromatic amines is 1. The number of aromatic nitrogens is 3. The predicted octanol–water partition coefficient (Wildman–Crippen LogP) is 4.35. The molecule has 0 spiro atoms. The minimum Gasteiger partial charge on any atom is -0.352 e. The van der Waals surface area contributed by atoms with Crippen LogP contribution in [0.25, 0.3) is 0 Å². The smallest absolute Gasteiger partial charge is 0.352 e. The Morgan fingerprint density at radius 2 is 2.00 bits per heavy atom. The van der Waals surface area contributed by atoms with E-state index in [2.05, 4.69) is 28.8 Å². The largest absolute Gasteiger partial charge is 0.434 e. The molecule has 1 aliphatic heterocycles. The molecule has 3 rings (SSSR count). The Morgan fingerprint density at radius 1 is 1.30 bits per heavy atom. The number of anilines is 1. The first-order valence-electron chi connectivity index (χ1n) is 8.76. The topological polar surface area (TPSA) is 61.9 Å². The van der Waals surface area contributed by atoms with Crippen LogP contribution in [0.1, 0.15) is 38.8 Å². The van der Waals surface area contributed by atoms with Crippen LogP contribution >= 0.6 is 11.8 Å². The maximum Gasteiger partial charge on any atom is 0.434 e. The Kier molecular flexibility index (Phi) is 5.50. The number of halogens is 3. The fourth-order valence-electron chi connectivity index (χ4n) is 3.07. The molecule has 0 amide bonds. The minimum absolute atomic E-state index is 0.0770. The van der Waals surface area contributed by atoms with E-state index in [0.717, 1.165) is 50.3 Å². The zero-order chi connectivity index (χ0) is 19.7. The predicted molar refractivity (Wildman–Crippen MR) is 98.1 cm³/mol. The van der Waals surface area contributed by atoms with Crippen LogP contribution in [0.15, 0.2) is 39.2 Å². The molecule has 1 N–H and O–H groups in total. The summed E-state index contributed by atoms with van der Waals surface area (Å²) in [5.74, 6) is 0.319. The molecular formula is C18H21F3N4OS. The van der Waals surface area contributed by atoms with Crippen LogP contribution in [0.2, 0.25) is 0 Å². The molecule has 0 aromatic carbocycles. The lowest BCUT2D eigenvalue weighted by Crippen LogP contribution is -2.41. The van der Waals surface area contributed by atoms with Gasteiger partial charge in [0.1, 0.15) is 0 Å². The van der Waals surface area contributed by atoms with Crippen LogP contribution in [-0.2, 0) is 6.18 Å². The number of nitrogens with one attached hydrogen (secondary N) is 1. The van der Waals surface area contributed by atoms with Gasteiger partial charge in [-0.3, -0.25) is 9.78 Å². The van der Waals surface area contributed by atoms with E-state index < -0.39 is 17.4 Å². The number of hydrogen-bond donors (Lipinski definition) is 1. The monoisotopic (exact) mass is 398 g/mol. The molecule has 5 nitrogen and oxygen atoms in total. The second-order valence-corrected chi connectivity index (χ2v) is 8.09. The SMILES string of the molecule is CCC1(C)CCN(c2ncc(Sc3cccnc3C(F)(F)F)[nH]c2=O)CC1. The van der Waals surface area contributed by atoms with Crippen LogP contribution < -0.4 is 10.5 Å². The van der Waals surface area contributed by atoms with Gasteiger partial charge in [0.05, 0.1) is 11.2 Å². The number of rotatable bonds is 4. The maximum atomic E-state index is 13.1. The minimum atomic E-state index is -4.56. The number of pyridine rings is 1. The molecule has 1 aliphatic rings. The third kappa shape index (κ3) is 4.45. The number of H-pyrrole nitrogens is 1. The van der Waals surface area contributed by atoms with Crippen molar-refractivity contribution < 1.29 is 13.2 Å². The van der Waals surface area contributed by atoms with Crippen molar-refractivity contribution in [3.05, 3.63) is 40.6 Å². The quantitative estimate of drug-likeness (QED) is 0.830. The Labute approximate surface area is 159 Å². The lowest BCUT2D eigenvalue weighted by Gasteiger charge is -2.39. The van der Waals surface area contributed by atoms with E-state index in [1.165, 1.54) is 18.3 Å². The van der Waals surface area contributed by atoms with Gasteiger partial charge in [-0.15, -0.1) is 0 Å². The third-order valence-electron chi connectivity index (χ3n) is 5.13. The second-order valence-electron chi connectivity index (χ2n) is 7.00.